The van der Waals surface area contributed by atoms with Gasteiger partial charge in [0.05, 0.1) is 28.6 Å². The van der Waals surface area contributed by atoms with E-state index < -0.39 is 17.4 Å². The average molecular weight is 536 g/mol. The molecule has 0 radical (unpaired) electrons. The van der Waals surface area contributed by atoms with Gasteiger partial charge in [0.25, 0.3) is 5.91 Å². The number of likely N-dealkylation sites (tertiary alicyclic amines) is 2. The lowest BCUT2D eigenvalue weighted by molar-refractivity contribution is -0.154. The zero-order valence-corrected chi connectivity index (χ0v) is 23.3. The summed E-state index contributed by atoms with van der Waals surface area (Å²) in [5, 5.41) is 16.2. The SMILES string of the molecule is CCNC(O)Nc1cnc(-c2ccccc2)cc1C(=O)N1CCC(N2CCCC3(C2)CC(C)(C)OC3=O)CC1. The number of carbonyl (C=O) groups excluding carboxylic acids is 2. The molecule has 3 aliphatic heterocycles. The Morgan fingerprint density at radius 2 is 1.95 bits per heavy atom. The van der Waals surface area contributed by atoms with Crippen LogP contribution in [0.25, 0.3) is 11.3 Å². The molecular formula is C30H41N5O4. The number of aliphatic hydroxyl groups is 1. The number of aromatic nitrogens is 1. The Morgan fingerprint density at radius 1 is 1.21 bits per heavy atom. The first-order valence-electron chi connectivity index (χ1n) is 14.2. The number of cyclic esters (lactones) is 1. The van der Waals surface area contributed by atoms with Gasteiger partial charge in [-0.25, -0.2) is 0 Å². The number of benzene rings is 1. The van der Waals surface area contributed by atoms with Crippen molar-refractivity contribution in [3.8, 4) is 11.3 Å². The fraction of sp³-hybridized carbons (Fsp3) is 0.567. The van der Waals surface area contributed by atoms with Crippen LogP contribution in [0.5, 0.6) is 0 Å². The molecule has 2 atom stereocenters. The van der Waals surface area contributed by atoms with Crippen molar-refractivity contribution in [2.45, 2.75) is 70.9 Å². The summed E-state index contributed by atoms with van der Waals surface area (Å²) in [6.07, 6.45) is 5.01. The second-order valence-electron chi connectivity index (χ2n) is 11.8. The topological polar surface area (TPSA) is 107 Å². The number of nitrogens with one attached hydrogen (secondary N) is 2. The summed E-state index contributed by atoms with van der Waals surface area (Å²) < 4.78 is 5.72. The predicted molar refractivity (Wildman–Crippen MR) is 150 cm³/mol. The number of piperidine rings is 2. The highest BCUT2D eigenvalue weighted by Gasteiger charge is 2.54. The van der Waals surface area contributed by atoms with Crippen molar-refractivity contribution in [3.63, 3.8) is 0 Å². The summed E-state index contributed by atoms with van der Waals surface area (Å²) >= 11 is 0. The number of rotatable bonds is 7. The van der Waals surface area contributed by atoms with Gasteiger partial charge in [-0.3, -0.25) is 24.8 Å². The number of pyridine rings is 1. The molecule has 9 nitrogen and oxygen atoms in total. The molecular weight excluding hydrogens is 494 g/mol. The quantitative estimate of drug-likeness (QED) is 0.366. The van der Waals surface area contributed by atoms with E-state index in [4.69, 9.17) is 4.74 Å². The van der Waals surface area contributed by atoms with E-state index in [1.54, 1.807) is 6.20 Å². The standard InChI is InChI=1S/C30H41N5O4/c1-4-31-28(38)33-25-18-32-24(21-9-6-5-7-10-21)17-23(25)26(36)34-15-11-22(12-16-34)35-14-8-13-30(20-35)19-29(2,3)39-27(30)37/h5-7,9-10,17-18,22,28,31,33,38H,4,8,11-16,19-20H2,1-3H3. The van der Waals surface area contributed by atoms with Crippen molar-refractivity contribution >= 4 is 17.6 Å². The number of ether oxygens (including phenoxy) is 1. The minimum absolute atomic E-state index is 0.0449. The molecule has 210 valence electrons. The van der Waals surface area contributed by atoms with Gasteiger partial charge >= 0.3 is 5.97 Å². The minimum Gasteiger partial charge on any atom is -0.459 e. The van der Waals surface area contributed by atoms with Crippen molar-refractivity contribution in [1.29, 1.82) is 0 Å². The molecule has 2 aromatic rings. The van der Waals surface area contributed by atoms with Gasteiger partial charge in [-0.15, -0.1) is 0 Å². The minimum atomic E-state index is -0.990. The Labute approximate surface area is 230 Å². The third-order valence-electron chi connectivity index (χ3n) is 8.33. The zero-order valence-electron chi connectivity index (χ0n) is 23.3. The number of esters is 1. The number of anilines is 1. The summed E-state index contributed by atoms with van der Waals surface area (Å²) in [4.78, 5) is 35.6. The van der Waals surface area contributed by atoms with Gasteiger partial charge in [-0.2, -0.15) is 0 Å². The zero-order chi connectivity index (χ0) is 27.6. The Morgan fingerprint density at radius 3 is 2.62 bits per heavy atom. The normalized spacial score (nSPS) is 24.5. The van der Waals surface area contributed by atoms with E-state index in [9.17, 15) is 14.7 Å². The van der Waals surface area contributed by atoms with Gasteiger partial charge in [0.15, 0.2) is 6.35 Å². The Kier molecular flexibility index (Phi) is 7.94. The molecule has 0 aliphatic carbocycles. The van der Waals surface area contributed by atoms with Gasteiger partial charge in [0.2, 0.25) is 0 Å². The Hall–Kier alpha value is -3.01. The third-order valence-corrected chi connectivity index (χ3v) is 8.33. The van der Waals surface area contributed by atoms with Crippen LogP contribution >= 0.6 is 0 Å². The molecule has 0 bridgehead atoms. The lowest BCUT2D eigenvalue weighted by Gasteiger charge is -2.45. The molecule has 3 saturated heterocycles. The number of nitrogens with zero attached hydrogens (tertiary/aromatic N) is 3. The van der Waals surface area contributed by atoms with Crippen molar-refractivity contribution in [2.75, 3.05) is 38.0 Å². The fourth-order valence-electron chi connectivity index (χ4n) is 6.58. The molecule has 3 N–H and O–H groups in total. The highest BCUT2D eigenvalue weighted by Crippen LogP contribution is 2.46. The predicted octanol–water partition coefficient (Wildman–Crippen LogP) is 3.46. The van der Waals surface area contributed by atoms with Crippen molar-refractivity contribution in [3.05, 3.63) is 48.2 Å². The second kappa shape index (κ2) is 11.2. The van der Waals surface area contributed by atoms with E-state index in [-0.39, 0.29) is 11.9 Å². The highest BCUT2D eigenvalue weighted by atomic mass is 16.6. The van der Waals surface area contributed by atoms with E-state index in [1.807, 2.05) is 62.1 Å². The van der Waals surface area contributed by atoms with Crippen LogP contribution in [0.4, 0.5) is 5.69 Å². The van der Waals surface area contributed by atoms with Gasteiger partial charge in [0, 0.05) is 37.7 Å². The average Bonchev–Trinajstić information content (AvgIpc) is 3.15. The molecule has 0 saturated carbocycles. The highest BCUT2D eigenvalue weighted by molar-refractivity contribution is 6.00. The van der Waals surface area contributed by atoms with Gasteiger partial charge in [0.1, 0.15) is 5.60 Å². The number of carbonyl (C=O) groups is 2. The van der Waals surface area contributed by atoms with E-state index in [1.165, 1.54) is 0 Å². The lowest BCUT2D eigenvalue weighted by atomic mass is 9.74. The summed E-state index contributed by atoms with van der Waals surface area (Å²) in [6, 6.07) is 11.9. The number of aliphatic hydroxyl groups excluding tert-OH is 1. The first kappa shape index (κ1) is 27.6. The number of hydrogen-bond donors (Lipinski definition) is 3. The van der Waals surface area contributed by atoms with Crippen molar-refractivity contribution in [2.24, 2.45) is 5.41 Å². The number of hydrogen-bond acceptors (Lipinski definition) is 8. The molecule has 1 aromatic carbocycles. The molecule has 1 spiro atoms. The monoisotopic (exact) mass is 535 g/mol. The molecule has 2 unspecified atom stereocenters. The van der Waals surface area contributed by atoms with Crippen LogP contribution in [0.3, 0.4) is 0 Å². The van der Waals surface area contributed by atoms with Crippen LogP contribution in [0.15, 0.2) is 42.6 Å². The molecule has 9 heteroatoms. The maximum Gasteiger partial charge on any atom is 0.314 e. The van der Waals surface area contributed by atoms with Gasteiger partial charge in [-0.05, 0) is 58.7 Å². The summed E-state index contributed by atoms with van der Waals surface area (Å²) in [5.74, 6) is -0.119. The first-order valence-corrected chi connectivity index (χ1v) is 14.2. The summed E-state index contributed by atoms with van der Waals surface area (Å²) in [7, 11) is 0. The van der Waals surface area contributed by atoms with Crippen LogP contribution in [0.1, 0.15) is 63.2 Å². The molecule has 1 aromatic heterocycles. The molecule has 4 heterocycles. The smallest absolute Gasteiger partial charge is 0.314 e. The summed E-state index contributed by atoms with van der Waals surface area (Å²) in [6.45, 7) is 9.50. The molecule has 3 aliphatic rings. The van der Waals surface area contributed by atoms with Gasteiger partial charge in [-0.1, -0.05) is 37.3 Å². The number of amides is 1. The first-order chi connectivity index (χ1) is 18.7. The van der Waals surface area contributed by atoms with Crippen LogP contribution in [-0.4, -0.2) is 82.5 Å². The fourth-order valence-corrected chi connectivity index (χ4v) is 6.58. The van der Waals surface area contributed by atoms with E-state index in [2.05, 4.69) is 20.5 Å². The molecule has 5 rings (SSSR count). The van der Waals surface area contributed by atoms with Gasteiger partial charge < -0.3 is 20.1 Å². The molecule has 1 amide bonds. The van der Waals surface area contributed by atoms with Crippen molar-refractivity contribution in [1.82, 2.24) is 20.1 Å². The molecule has 39 heavy (non-hydrogen) atoms. The van der Waals surface area contributed by atoms with Crippen LogP contribution in [0.2, 0.25) is 0 Å². The van der Waals surface area contributed by atoms with Crippen LogP contribution in [0, 0.1) is 5.41 Å². The van der Waals surface area contributed by atoms with E-state index in [0.29, 0.717) is 42.6 Å². The Bertz CT molecular complexity index is 1180. The lowest BCUT2D eigenvalue weighted by Crippen LogP contribution is -2.53. The van der Waals surface area contributed by atoms with Crippen LogP contribution < -0.4 is 10.6 Å². The van der Waals surface area contributed by atoms with Crippen molar-refractivity contribution < 1.29 is 19.4 Å². The third kappa shape index (κ3) is 5.95. The van der Waals surface area contributed by atoms with E-state index >= 15 is 0 Å². The van der Waals surface area contributed by atoms with Crippen LogP contribution in [-0.2, 0) is 9.53 Å². The molecule has 3 fully saturated rings. The van der Waals surface area contributed by atoms with E-state index in [0.717, 1.165) is 50.8 Å². The summed E-state index contributed by atoms with van der Waals surface area (Å²) in [5.41, 5.74) is 1.83. The largest absolute Gasteiger partial charge is 0.459 e. The maximum absolute atomic E-state index is 13.8. The maximum atomic E-state index is 13.8. The second-order valence-corrected chi connectivity index (χ2v) is 11.8. The Balaban J connectivity index is 1.29.